The van der Waals surface area contributed by atoms with Crippen LogP contribution >= 0.6 is 0 Å². The third kappa shape index (κ3) is 2.15. The van der Waals surface area contributed by atoms with Gasteiger partial charge < -0.3 is 5.73 Å². The number of hydrogen-bond acceptors (Lipinski definition) is 1. The average molecular weight is 243 g/mol. The van der Waals surface area contributed by atoms with Crippen molar-refractivity contribution in [3.63, 3.8) is 0 Å². The lowest BCUT2D eigenvalue weighted by atomic mass is 9.87. The van der Waals surface area contributed by atoms with Gasteiger partial charge in [0.15, 0.2) is 0 Å². The molecule has 1 aromatic rings. The maximum absolute atomic E-state index is 6.51. The van der Waals surface area contributed by atoms with Gasteiger partial charge in [0, 0.05) is 5.69 Å². The molecule has 0 bridgehead atoms. The summed E-state index contributed by atoms with van der Waals surface area (Å²) in [5.74, 6) is 1.48. The predicted octanol–water partition coefficient (Wildman–Crippen LogP) is 4.89. The van der Waals surface area contributed by atoms with Crippen molar-refractivity contribution in [1.29, 1.82) is 0 Å². The zero-order valence-electron chi connectivity index (χ0n) is 11.5. The van der Waals surface area contributed by atoms with Crippen LogP contribution < -0.4 is 5.73 Å². The second-order valence-electron chi connectivity index (χ2n) is 6.32. The van der Waals surface area contributed by atoms with Crippen LogP contribution in [0.5, 0.6) is 0 Å². The van der Waals surface area contributed by atoms with Crippen LogP contribution in [0, 0.1) is 6.92 Å². The van der Waals surface area contributed by atoms with E-state index in [4.69, 9.17) is 5.73 Å². The molecule has 0 atom stereocenters. The van der Waals surface area contributed by atoms with Gasteiger partial charge in [-0.3, -0.25) is 0 Å². The molecular formula is C17H25N. The smallest absolute Gasteiger partial charge is 0.0385 e. The lowest BCUT2D eigenvalue weighted by molar-refractivity contribution is 0.703. The molecule has 2 saturated carbocycles. The van der Waals surface area contributed by atoms with Crippen molar-refractivity contribution in [3.05, 3.63) is 28.8 Å². The van der Waals surface area contributed by atoms with E-state index in [1.54, 1.807) is 0 Å². The van der Waals surface area contributed by atoms with E-state index >= 15 is 0 Å². The molecule has 2 aliphatic carbocycles. The molecule has 0 unspecified atom stereocenters. The highest BCUT2D eigenvalue weighted by atomic mass is 14.6. The molecular weight excluding hydrogens is 218 g/mol. The molecule has 0 radical (unpaired) electrons. The number of nitrogens with two attached hydrogens (primary N) is 1. The van der Waals surface area contributed by atoms with Crippen molar-refractivity contribution in [2.24, 2.45) is 0 Å². The Morgan fingerprint density at radius 2 is 1.22 bits per heavy atom. The monoisotopic (exact) mass is 243 g/mol. The lowest BCUT2D eigenvalue weighted by Gasteiger charge is -2.20. The Kier molecular flexibility index (Phi) is 3.32. The quantitative estimate of drug-likeness (QED) is 0.735. The fourth-order valence-corrected chi connectivity index (χ4v) is 4.00. The molecule has 98 valence electrons. The minimum atomic E-state index is 0.741. The molecule has 1 aromatic carbocycles. The summed E-state index contributed by atoms with van der Waals surface area (Å²) in [5, 5.41) is 0. The van der Waals surface area contributed by atoms with Gasteiger partial charge in [-0.15, -0.1) is 0 Å². The van der Waals surface area contributed by atoms with Crippen LogP contribution in [0.15, 0.2) is 12.1 Å². The van der Waals surface area contributed by atoms with E-state index in [-0.39, 0.29) is 0 Å². The van der Waals surface area contributed by atoms with Crippen LogP contribution in [0.25, 0.3) is 0 Å². The second-order valence-corrected chi connectivity index (χ2v) is 6.32. The molecule has 0 spiro atoms. The van der Waals surface area contributed by atoms with Gasteiger partial charge in [-0.1, -0.05) is 43.4 Å². The second kappa shape index (κ2) is 4.95. The molecule has 0 aliphatic heterocycles. The Bertz CT molecular complexity index is 386. The maximum atomic E-state index is 6.51. The van der Waals surface area contributed by atoms with Gasteiger partial charge in [0.25, 0.3) is 0 Å². The molecule has 0 heterocycles. The van der Waals surface area contributed by atoms with Gasteiger partial charge in [0.05, 0.1) is 0 Å². The summed E-state index contributed by atoms with van der Waals surface area (Å²) >= 11 is 0. The Labute approximate surface area is 111 Å². The fourth-order valence-electron chi connectivity index (χ4n) is 4.00. The molecule has 2 fully saturated rings. The van der Waals surface area contributed by atoms with Crippen molar-refractivity contribution in [2.75, 3.05) is 5.73 Å². The highest BCUT2D eigenvalue weighted by molar-refractivity contribution is 5.58. The van der Waals surface area contributed by atoms with E-state index in [1.807, 2.05) is 0 Å². The average Bonchev–Trinajstić information content (AvgIpc) is 3.02. The minimum Gasteiger partial charge on any atom is -0.398 e. The molecule has 2 N–H and O–H groups in total. The number of nitrogen functional groups attached to an aromatic ring is 1. The highest BCUT2D eigenvalue weighted by Gasteiger charge is 2.25. The first kappa shape index (κ1) is 12.1. The summed E-state index contributed by atoms with van der Waals surface area (Å²) in [5.41, 5.74) is 12.0. The van der Waals surface area contributed by atoms with E-state index in [2.05, 4.69) is 19.1 Å². The SMILES string of the molecule is Cc1cc(C2CCCC2)c(N)c(C2CCCC2)c1. The first-order valence-electron chi connectivity index (χ1n) is 7.65. The van der Waals surface area contributed by atoms with Crippen LogP contribution in [0.4, 0.5) is 5.69 Å². The van der Waals surface area contributed by atoms with E-state index in [9.17, 15) is 0 Å². The molecule has 1 heteroatoms. The summed E-state index contributed by atoms with van der Waals surface area (Å²) in [4.78, 5) is 0. The Morgan fingerprint density at radius 3 is 1.61 bits per heavy atom. The maximum Gasteiger partial charge on any atom is 0.0385 e. The van der Waals surface area contributed by atoms with Crippen molar-refractivity contribution in [2.45, 2.75) is 70.1 Å². The van der Waals surface area contributed by atoms with E-state index in [0.717, 1.165) is 17.5 Å². The zero-order chi connectivity index (χ0) is 12.5. The van der Waals surface area contributed by atoms with Crippen molar-refractivity contribution in [3.8, 4) is 0 Å². The first-order valence-corrected chi connectivity index (χ1v) is 7.65. The van der Waals surface area contributed by atoms with Crippen LogP contribution in [0.1, 0.15) is 79.9 Å². The number of hydrogen-bond donors (Lipinski definition) is 1. The van der Waals surface area contributed by atoms with Crippen molar-refractivity contribution >= 4 is 5.69 Å². The van der Waals surface area contributed by atoms with E-state index in [1.165, 1.54) is 68.1 Å². The molecule has 0 aromatic heterocycles. The summed E-state index contributed by atoms with van der Waals surface area (Å²) in [7, 11) is 0. The van der Waals surface area contributed by atoms with E-state index in [0.29, 0.717) is 0 Å². The van der Waals surface area contributed by atoms with Crippen molar-refractivity contribution < 1.29 is 0 Å². The van der Waals surface area contributed by atoms with E-state index < -0.39 is 0 Å². The summed E-state index contributed by atoms with van der Waals surface area (Å²) in [6.45, 7) is 2.23. The molecule has 3 rings (SSSR count). The molecule has 0 saturated heterocycles. The zero-order valence-corrected chi connectivity index (χ0v) is 11.5. The first-order chi connectivity index (χ1) is 8.75. The molecule has 1 nitrogen and oxygen atoms in total. The molecule has 0 amide bonds. The molecule has 18 heavy (non-hydrogen) atoms. The van der Waals surface area contributed by atoms with Crippen LogP contribution in [0.2, 0.25) is 0 Å². The molecule has 2 aliphatic rings. The van der Waals surface area contributed by atoms with Gasteiger partial charge in [0.2, 0.25) is 0 Å². The van der Waals surface area contributed by atoms with Crippen LogP contribution in [0.3, 0.4) is 0 Å². The minimum absolute atomic E-state index is 0.741. The van der Waals surface area contributed by atoms with Gasteiger partial charge in [-0.25, -0.2) is 0 Å². The summed E-state index contributed by atoms with van der Waals surface area (Å²) < 4.78 is 0. The van der Waals surface area contributed by atoms with Crippen LogP contribution in [-0.4, -0.2) is 0 Å². The topological polar surface area (TPSA) is 26.0 Å². The van der Waals surface area contributed by atoms with Gasteiger partial charge in [0.1, 0.15) is 0 Å². The number of anilines is 1. The Hall–Kier alpha value is -0.980. The summed E-state index contributed by atoms with van der Waals surface area (Å²) in [6, 6.07) is 4.70. The van der Waals surface area contributed by atoms with Crippen molar-refractivity contribution in [1.82, 2.24) is 0 Å². The lowest BCUT2D eigenvalue weighted by Crippen LogP contribution is -2.06. The normalized spacial score (nSPS) is 21.8. The van der Waals surface area contributed by atoms with Gasteiger partial charge in [-0.05, 0) is 55.6 Å². The standard InChI is InChI=1S/C17H25N/c1-12-10-15(13-6-2-3-7-13)17(18)16(11-12)14-8-4-5-9-14/h10-11,13-14H,2-9,18H2,1H3. The van der Waals surface area contributed by atoms with Gasteiger partial charge >= 0.3 is 0 Å². The predicted molar refractivity (Wildman–Crippen MR) is 78.0 cm³/mol. The Morgan fingerprint density at radius 1 is 0.833 bits per heavy atom. The van der Waals surface area contributed by atoms with Crippen LogP contribution in [-0.2, 0) is 0 Å². The highest BCUT2D eigenvalue weighted by Crippen LogP contribution is 2.43. The third-order valence-electron chi connectivity index (χ3n) is 4.98. The third-order valence-corrected chi connectivity index (χ3v) is 4.98. The Balaban J connectivity index is 1.98. The fraction of sp³-hybridized carbons (Fsp3) is 0.647. The largest absolute Gasteiger partial charge is 0.398 e. The number of aryl methyl sites for hydroxylation is 1. The summed E-state index contributed by atoms with van der Waals surface area (Å²) in [6.07, 6.45) is 10.9. The van der Waals surface area contributed by atoms with Gasteiger partial charge in [-0.2, -0.15) is 0 Å². The number of rotatable bonds is 2. The number of benzene rings is 1.